The lowest BCUT2D eigenvalue weighted by Crippen LogP contribution is -2.07. The minimum atomic E-state index is -0.734. The van der Waals surface area contributed by atoms with Crippen molar-refractivity contribution in [3.8, 4) is 5.75 Å². The maximum atomic E-state index is 14.0. The average molecular weight is 281 g/mol. The molecule has 100 valence electrons. The Morgan fingerprint density at radius 3 is 2.42 bits per heavy atom. The molecule has 5 heteroatoms. The van der Waals surface area contributed by atoms with Crippen molar-refractivity contribution in [1.29, 1.82) is 0 Å². The molecular formula is C14H14ClFN2O. The second-order valence-corrected chi connectivity index (χ2v) is 4.56. The van der Waals surface area contributed by atoms with Gasteiger partial charge >= 0.3 is 0 Å². The van der Waals surface area contributed by atoms with Crippen LogP contribution in [0, 0.1) is 5.82 Å². The van der Waals surface area contributed by atoms with Crippen LogP contribution in [-0.4, -0.2) is 0 Å². The summed E-state index contributed by atoms with van der Waals surface area (Å²) in [4.78, 5) is 0. The van der Waals surface area contributed by atoms with Crippen molar-refractivity contribution in [2.75, 3.05) is 11.5 Å². The first-order valence-electron chi connectivity index (χ1n) is 5.75. The van der Waals surface area contributed by atoms with Crippen LogP contribution in [0.5, 0.6) is 5.75 Å². The molecule has 0 bridgehead atoms. The zero-order chi connectivity index (χ0) is 14.0. The number of anilines is 2. The lowest BCUT2D eigenvalue weighted by atomic mass is 10.1. The van der Waals surface area contributed by atoms with Gasteiger partial charge < -0.3 is 16.2 Å². The fourth-order valence-electron chi connectivity index (χ4n) is 1.74. The Hall–Kier alpha value is -1.94. The number of halogens is 2. The number of nitrogens with two attached hydrogens (primary N) is 2. The van der Waals surface area contributed by atoms with E-state index in [0.717, 1.165) is 5.56 Å². The summed E-state index contributed by atoms with van der Waals surface area (Å²) < 4.78 is 19.5. The molecule has 0 saturated carbocycles. The van der Waals surface area contributed by atoms with Gasteiger partial charge in [0.15, 0.2) is 11.6 Å². The Morgan fingerprint density at radius 1 is 1.16 bits per heavy atom. The summed E-state index contributed by atoms with van der Waals surface area (Å²) in [6, 6.07) is 10.8. The van der Waals surface area contributed by atoms with Crippen LogP contribution >= 0.6 is 11.6 Å². The summed E-state index contributed by atoms with van der Waals surface area (Å²) >= 11 is 5.75. The molecule has 3 nitrogen and oxygen atoms in total. The third-order valence-corrected chi connectivity index (χ3v) is 3.17. The molecule has 2 aromatic carbocycles. The summed E-state index contributed by atoms with van der Waals surface area (Å²) in [7, 11) is 0. The maximum absolute atomic E-state index is 14.0. The third kappa shape index (κ3) is 2.74. The Bertz CT molecular complexity index is 590. The SMILES string of the molecule is CC(Oc1c(N)cc(N)c(Cl)c1F)c1ccccc1. The fourth-order valence-corrected chi connectivity index (χ4v) is 1.88. The van der Waals surface area contributed by atoms with Crippen molar-refractivity contribution < 1.29 is 9.13 Å². The second kappa shape index (κ2) is 5.36. The van der Waals surface area contributed by atoms with Gasteiger partial charge in [-0.1, -0.05) is 41.9 Å². The molecule has 0 saturated heterocycles. The van der Waals surface area contributed by atoms with Gasteiger partial charge in [0.1, 0.15) is 11.1 Å². The zero-order valence-corrected chi connectivity index (χ0v) is 11.1. The molecule has 19 heavy (non-hydrogen) atoms. The van der Waals surface area contributed by atoms with Crippen LogP contribution in [0.3, 0.4) is 0 Å². The van der Waals surface area contributed by atoms with Crippen LogP contribution in [0.4, 0.5) is 15.8 Å². The zero-order valence-electron chi connectivity index (χ0n) is 10.4. The number of benzene rings is 2. The van der Waals surface area contributed by atoms with Crippen molar-refractivity contribution in [2.45, 2.75) is 13.0 Å². The number of rotatable bonds is 3. The largest absolute Gasteiger partial charge is 0.481 e. The van der Waals surface area contributed by atoms with E-state index >= 15 is 0 Å². The molecule has 0 heterocycles. The van der Waals surface area contributed by atoms with Crippen molar-refractivity contribution in [3.05, 3.63) is 52.8 Å². The molecule has 0 aliphatic heterocycles. The van der Waals surface area contributed by atoms with Crippen LogP contribution < -0.4 is 16.2 Å². The smallest absolute Gasteiger partial charge is 0.187 e. The molecule has 2 rings (SSSR count). The maximum Gasteiger partial charge on any atom is 0.187 e. The molecule has 2 aromatic rings. The van der Waals surface area contributed by atoms with Crippen molar-refractivity contribution >= 4 is 23.0 Å². The number of hydrogen-bond acceptors (Lipinski definition) is 3. The molecule has 0 radical (unpaired) electrons. The van der Waals surface area contributed by atoms with Crippen LogP contribution in [0.15, 0.2) is 36.4 Å². The minimum Gasteiger partial charge on any atom is -0.481 e. The number of nitrogen functional groups attached to an aromatic ring is 2. The van der Waals surface area contributed by atoms with Gasteiger partial charge in [-0.05, 0) is 18.6 Å². The van der Waals surface area contributed by atoms with E-state index in [1.165, 1.54) is 6.07 Å². The van der Waals surface area contributed by atoms with Gasteiger partial charge in [0, 0.05) is 0 Å². The van der Waals surface area contributed by atoms with E-state index in [2.05, 4.69) is 0 Å². The van der Waals surface area contributed by atoms with E-state index in [0.29, 0.717) is 0 Å². The van der Waals surface area contributed by atoms with E-state index in [9.17, 15) is 4.39 Å². The van der Waals surface area contributed by atoms with Gasteiger partial charge in [0.25, 0.3) is 0 Å². The molecular weight excluding hydrogens is 267 g/mol. The number of ether oxygens (including phenoxy) is 1. The Balaban J connectivity index is 2.32. The predicted molar refractivity (Wildman–Crippen MR) is 75.7 cm³/mol. The topological polar surface area (TPSA) is 61.3 Å². The highest BCUT2D eigenvalue weighted by atomic mass is 35.5. The van der Waals surface area contributed by atoms with E-state index in [4.69, 9.17) is 27.8 Å². The lowest BCUT2D eigenvalue weighted by Gasteiger charge is -2.18. The molecule has 0 aromatic heterocycles. The average Bonchev–Trinajstić information content (AvgIpc) is 2.42. The van der Waals surface area contributed by atoms with E-state index in [1.54, 1.807) is 6.92 Å². The lowest BCUT2D eigenvalue weighted by molar-refractivity contribution is 0.218. The standard InChI is InChI=1S/C14H14ClFN2O/c1-8(9-5-3-2-4-6-9)19-14-11(18)7-10(17)12(15)13(14)16/h2-8H,17-18H2,1H3. The van der Waals surface area contributed by atoms with E-state index < -0.39 is 5.82 Å². The van der Waals surface area contributed by atoms with E-state index in [1.807, 2.05) is 30.3 Å². The summed E-state index contributed by atoms with van der Waals surface area (Å²) in [6.45, 7) is 1.80. The molecule has 0 amide bonds. The molecule has 1 unspecified atom stereocenters. The van der Waals surface area contributed by atoms with E-state index in [-0.39, 0.29) is 28.3 Å². The predicted octanol–water partition coefficient (Wildman–Crippen LogP) is 3.78. The molecule has 0 aliphatic rings. The quantitative estimate of drug-likeness (QED) is 0.841. The van der Waals surface area contributed by atoms with Gasteiger partial charge in [0.2, 0.25) is 0 Å². The fraction of sp³-hybridized carbons (Fsp3) is 0.143. The molecule has 1 atom stereocenters. The highest BCUT2D eigenvalue weighted by Crippen LogP contribution is 2.37. The van der Waals surface area contributed by atoms with Gasteiger partial charge in [-0.2, -0.15) is 0 Å². The van der Waals surface area contributed by atoms with Gasteiger partial charge in [-0.3, -0.25) is 0 Å². The summed E-state index contributed by atoms with van der Waals surface area (Å²) in [5.41, 5.74) is 12.4. The van der Waals surface area contributed by atoms with Gasteiger partial charge in [0.05, 0.1) is 11.4 Å². The third-order valence-electron chi connectivity index (χ3n) is 2.78. The minimum absolute atomic E-state index is 0.0736. The molecule has 0 spiro atoms. The van der Waals surface area contributed by atoms with Crippen LogP contribution in [0.2, 0.25) is 5.02 Å². The van der Waals surface area contributed by atoms with Gasteiger partial charge in [-0.15, -0.1) is 0 Å². The molecule has 0 fully saturated rings. The highest BCUT2D eigenvalue weighted by Gasteiger charge is 2.18. The van der Waals surface area contributed by atoms with Gasteiger partial charge in [-0.25, -0.2) is 4.39 Å². The highest BCUT2D eigenvalue weighted by molar-refractivity contribution is 6.33. The molecule has 0 aliphatic carbocycles. The Morgan fingerprint density at radius 2 is 1.79 bits per heavy atom. The first kappa shape index (κ1) is 13.5. The normalized spacial score (nSPS) is 12.2. The van der Waals surface area contributed by atoms with Crippen molar-refractivity contribution in [1.82, 2.24) is 0 Å². The Kier molecular flexibility index (Phi) is 3.81. The molecule has 4 N–H and O–H groups in total. The summed E-state index contributed by atoms with van der Waals surface area (Å²) in [5.74, 6) is -0.808. The van der Waals surface area contributed by atoms with Crippen LogP contribution in [0.25, 0.3) is 0 Å². The Labute approximate surface area is 115 Å². The summed E-state index contributed by atoms with van der Waals surface area (Å²) in [5, 5.41) is -0.176. The number of hydrogen-bond donors (Lipinski definition) is 2. The van der Waals surface area contributed by atoms with Crippen molar-refractivity contribution in [2.24, 2.45) is 0 Å². The van der Waals surface area contributed by atoms with Crippen LogP contribution in [0.1, 0.15) is 18.6 Å². The van der Waals surface area contributed by atoms with Crippen molar-refractivity contribution in [3.63, 3.8) is 0 Å². The second-order valence-electron chi connectivity index (χ2n) is 4.18. The first-order chi connectivity index (χ1) is 9.00. The first-order valence-corrected chi connectivity index (χ1v) is 6.13. The summed E-state index contributed by atoms with van der Waals surface area (Å²) in [6.07, 6.45) is -0.349. The monoisotopic (exact) mass is 280 g/mol. The van der Waals surface area contributed by atoms with Crippen LogP contribution in [-0.2, 0) is 0 Å².